The lowest BCUT2D eigenvalue weighted by Crippen LogP contribution is -2.71. The van der Waals surface area contributed by atoms with Gasteiger partial charge in [-0.2, -0.15) is 28.2 Å². The van der Waals surface area contributed by atoms with Gasteiger partial charge in [0.2, 0.25) is 0 Å². The number of alkyl halides is 3. The molecule has 1 N–H and O–H groups in total. The summed E-state index contributed by atoms with van der Waals surface area (Å²) in [5, 5.41) is 22.1. The van der Waals surface area contributed by atoms with Crippen LogP contribution >= 0.6 is 0 Å². The number of likely N-dealkylation sites (tertiary alicyclic amines) is 2. The van der Waals surface area contributed by atoms with E-state index >= 15 is 0 Å². The van der Waals surface area contributed by atoms with E-state index in [-0.39, 0.29) is 40.9 Å². The summed E-state index contributed by atoms with van der Waals surface area (Å²) in [7, 11) is 1.41. The summed E-state index contributed by atoms with van der Waals surface area (Å²) >= 11 is 0. The zero-order valence-electron chi connectivity index (χ0n) is 20.1. The molecule has 5 aliphatic rings. The molecular formula is C23H29F3N8O2. The topological polar surface area (TPSA) is 105 Å². The molecule has 3 aliphatic carbocycles. The molecule has 0 unspecified atom stereocenters. The maximum absolute atomic E-state index is 13.2. The minimum atomic E-state index is -4.49. The lowest BCUT2D eigenvalue weighted by molar-refractivity contribution is -0.142. The van der Waals surface area contributed by atoms with Gasteiger partial charge in [-0.25, -0.2) is 14.5 Å². The van der Waals surface area contributed by atoms with Gasteiger partial charge in [0.25, 0.3) is 0 Å². The van der Waals surface area contributed by atoms with E-state index in [1.807, 2.05) is 14.5 Å². The summed E-state index contributed by atoms with van der Waals surface area (Å²) in [5.74, 6) is 0.675. The lowest BCUT2D eigenvalue weighted by Gasteiger charge is -2.63. The number of hydrogen-bond donors (Lipinski definition) is 1. The maximum Gasteiger partial charge on any atom is 0.437 e. The van der Waals surface area contributed by atoms with Gasteiger partial charge in [-0.15, -0.1) is 5.10 Å². The Morgan fingerprint density at radius 2 is 1.64 bits per heavy atom. The van der Waals surface area contributed by atoms with Gasteiger partial charge in [0.05, 0.1) is 11.7 Å². The van der Waals surface area contributed by atoms with Crippen molar-refractivity contribution in [3.8, 4) is 0 Å². The SMILES string of the molecule is Cn1nc(CC2CC3(C2)CN(C(=O)N2CC4(CC(n5cnc(C6(O)CC6)n5)C4)C2)C3)c(C(F)(F)F)n1. The quantitative estimate of drug-likeness (QED) is 0.681. The van der Waals surface area contributed by atoms with Gasteiger partial charge in [0.15, 0.2) is 11.5 Å². The number of halogens is 3. The van der Waals surface area contributed by atoms with E-state index in [0.717, 1.165) is 56.4 Å². The van der Waals surface area contributed by atoms with Gasteiger partial charge in [0, 0.05) is 44.1 Å². The first-order valence-electron chi connectivity index (χ1n) is 12.6. The average molecular weight is 507 g/mol. The number of urea groups is 1. The van der Waals surface area contributed by atoms with Crippen LogP contribution in [-0.2, 0) is 25.2 Å². The zero-order valence-corrected chi connectivity index (χ0v) is 20.1. The molecular weight excluding hydrogens is 477 g/mol. The molecule has 0 bridgehead atoms. The normalized spacial score (nSPS) is 25.9. The first-order valence-corrected chi connectivity index (χ1v) is 12.6. The Morgan fingerprint density at radius 1 is 1.03 bits per heavy atom. The van der Waals surface area contributed by atoms with Gasteiger partial charge in [-0.1, -0.05) is 0 Å². The minimum absolute atomic E-state index is 0.0207. The molecule has 4 heterocycles. The van der Waals surface area contributed by atoms with Crippen molar-refractivity contribution in [2.75, 3.05) is 26.2 Å². The molecule has 5 fully saturated rings. The van der Waals surface area contributed by atoms with Gasteiger partial charge in [-0.3, -0.25) is 0 Å². The lowest BCUT2D eigenvalue weighted by atomic mass is 9.56. The number of nitrogens with zero attached hydrogens (tertiary/aromatic N) is 8. The van der Waals surface area contributed by atoms with Crippen LogP contribution in [0.2, 0.25) is 0 Å². The number of rotatable bonds is 4. The molecule has 36 heavy (non-hydrogen) atoms. The molecule has 7 rings (SSSR count). The van der Waals surface area contributed by atoms with Crippen LogP contribution in [-0.4, -0.2) is 76.9 Å². The molecule has 2 aromatic heterocycles. The summed E-state index contributed by atoms with van der Waals surface area (Å²) in [5.41, 5.74) is -1.46. The van der Waals surface area contributed by atoms with Crippen molar-refractivity contribution >= 4 is 6.03 Å². The number of aryl methyl sites for hydroxylation is 1. The first-order chi connectivity index (χ1) is 16.9. The predicted octanol–water partition coefficient (Wildman–Crippen LogP) is 2.12. The Kier molecular flexibility index (Phi) is 4.37. The van der Waals surface area contributed by atoms with Crippen molar-refractivity contribution in [3.63, 3.8) is 0 Å². The zero-order chi connectivity index (χ0) is 25.1. The molecule has 10 nitrogen and oxygen atoms in total. The summed E-state index contributed by atoms with van der Waals surface area (Å²) in [4.78, 5) is 22.0. The highest BCUT2D eigenvalue weighted by Gasteiger charge is 2.59. The second-order valence-corrected chi connectivity index (χ2v) is 12.1. The van der Waals surface area contributed by atoms with E-state index in [0.29, 0.717) is 18.9 Å². The fourth-order valence-electron chi connectivity index (χ4n) is 7.03. The number of carbonyl (C=O) groups is 1. The van der Waals surface area contributed by atoms with E-state index in [9.17, 15) is 23.1 Å². The second kappa shape index (κ2) is 6.99. The Morgan fingerprint density at radius 3 is 2.22 bits per heavy atom. The van der Waals surface area contributed by atoms with E-state index < -0.39 is 17.5 Å². The first kappa shape index (κ1) is 22.5. The monoisotopic (exact) mass is 506 g/mol. The van der Waals surface area contributed by atoms with E-state index in [1.54, 1.807) is 6.33 Å². The van der Waals surface area contributed by atoms with Crippen LogP contribution in [0.15, 0.2) is 6.33 Å². The second-order valence-electron chi connectivity index (χ2n) is 12.1. The highest BCUT2D eigenvalue weighted by atomic mass is 19.4. The summed E-state index contributed by atoms with van der Waals surface area (Å²) < 4.78 is 41.4. The fraction of sp³-hybridized carbons (Fsp3) is 0.783. The average Bonchev–Trinajstić information content (AvgIpc) is 3.08. The van der Waals surface area contributed by atoms with E-state index in [2.05, 4.69) is 20.3 Å². The van der Waals surface area contributed by atoms with Crippen LogP contribution in [0.1, 0.15) is 61.8 Å². The molecule has 0 radical (unpaired) electrons. The highest BCUT2D eigenvalue weighted by molar-refractivity contribution is 5.77. The van der Waals surface area contributed by atoms with Gasteiger partial charge >= 0.3 is 12.2 Å². The summed E-state index contributed by atoms with van der Waals surface area (Å²) in [6.07, 6.45) is 2.53. The Labute approximate surface area is 205 Å². The van der Waals surface area contributed by atoms with Crippen LogP contribution in [0.5, 0.6) is 0 Å². The van der Waals surface area contributed by atoms with Crippen LogP contribution in [0.4, 0.5) is 18.0 Å². The Hall–Kier alpha value is -2.70. The summed E-state index contributed by atoms with van der Waals surface area (Å²) in [6, 6.07) is 0.350. The molecule has 13 heteroatoms. The van der Waals surface area contributed by atoms with Crippen LogP contribution in [0.3, 0.4) is 0 Å². The molecule has 2 aromatic rings. The Balaban J connectivity index is 0.862. The molecule has 2 saturated heterocycles. The molecule has 2 spiro atoms. The van der Waals surface area contributed by atoms with Crippen molar-refractivity contribution < 1.29 is 23.1 Å². The van der Waals surface area contributed by atoms with Crippen molar-refractivity contribution in [2.24, 2.45) is 23.8 Å². The number of hydrogen-bond acceptors (Lipinski definition) is 6. The van der Waals surface area contributed by atoms with E-state index in [4.69, 9.17) is 0 Å². The number of aromatic nitrogens is 6. The van der Waals surface area contributed by atoms with Gasteiger partial charge in [0.1, 0.15) is 11.9 Å². The van der Waals surface area contributed by atoms with Gasteiger partial charge < -0.3 is 14.9 Å². The summed E-state index contributed by atoms with van der Waals surface area (Å²) in [6.45, 7) is 2.89. The van der Waals surface area contributed by atoms with Crippen LogP contribution < -0.4 is 0 Å². The van der Waals surface area contributed by atoms with Crippen molar-refractivity contribution in [2.45, 2.75) is 62.8 Å². The number of carbonyl (C=O) groups excluding carboxylic acids is 1. The maximum atomic E-state index is 13.2. The van der Waals surface area contributed by atoms with Crippen LogP contribution in [0, 0.1) is 16.7 Å². The molecule has 0 atom stereocenters. The number of aliphatic hydroxyl groups is 1. The third-order valence-corrected chi connectivity index (χ3v) is 8.98. The third-order valence-electron chi connectivity index (χ3n) is 8.98. The van der Waals surface area contributed by atoms with Crippen molar-refractivity contribution in [1.82, 2.24) is 39.6 Å². The van der Waals surface area contributed by atoms with Gasteiger partial charge in [-0.05, 0) is 50.9 Å². The standard InChI is InChI=1S/C23H29F3N8O2/c1-31-28-16(17(29-31)23(24,25)26)4-14-5-20(6-14)9-32(10-20)19(35)33-11-21(12-33)7-15(8-21)34-13-27-18(30-34)22(36)2-3-22/h13-15,36H,2-12H2,1H3. The third kappa shape index (κ3) is 3.45. The van der Waals surface area contributed by atoms with Crippen LogP contribution in [0.25, 0.3) is 0 Å². The minimum Gasteiger partial charge on any atom is -0.382 e. The molecule has 194 valence electrons. The highest BCUT2D eigenvalue weighted by Crippen LogP contribution is 2.56. The molecule has 2 aliphatic heterocycles. The number of amides is 2. The fourth-order valence-corrected chi connectivity index (χ4v) is 7.03. The van der Waals surface area contributed by atoms with Crippen molar-refractivity contribution in [3.05, 3.63) is 23.5 Å². The molecule has 0 aromatic carbocycles. The van der Waals surface area contributed by atoms with E-state index in [1.165, 1.54) is 7.05 Å². The van der Waals surface area contributed by atoms with Crippen molar-refractivity contribution in [1.29, 1.82) is 0 Å². The largest absolute Gasteiger partial charge is 0.437 e. The predicted molar refractivity (Wildman–Crippen MR) is 117 cm³/mol. The smallest absolute Gasteiger partial charge is 0.382 e. The molecule has 2 amide bonds. The Bertz CT molecular complexity index is 1210. The molecule has 3 saturated carbocycles.